The summed E-state index contributed by atoms with van der Waals surface area (Å²) in [5.41, 5.74) is 1.69. The smallest absolute Gasteiger partial charge is 0.203 e. The van der Waals surface area contributed by atoms with E-state index in [1.54, 1.807) is 17.4 Å². The van der Waals surface area contributed by atoms with Crippen molar-refractivity contribution in [3.63, 3.8) is 0 Å². The summed E-state index contributed by atoms with van der Waals surface area (Å²) in [6.45, 7) is 0. The second-order valence-electron chi connectivity index (χ2n) is 4.22. The summed E-state index contributed by atoms with van der Waals surface area (Å²) < 4.78 is 4.99. The van der Waals surface area contributed by atoms with Crippen LogP contribution in [0.1, 0.15) is 39.6 Å². The Balaban J connectivity index is 1.97. The average Bonchev–Trinajstić information content (AvgIpc) is 2.95. The molecule has 2 nitrogen and oxygen atoms in total. The van der Waals surface area contributed by atoms with Gasteiger partial charge < -0.3 is 4.42 Å². The maximum Gasteiger partial charge on any atom is 0.203 e. The summed E-state index contributed by atoms with van der Waals surface area (Å²) in [6.07, 6.45) is 4.53. The molecule has 0 saturated carbocycles. The van der Waals surface area contributed by atoms with Crippen LogP contribution >= 0.6 is 22.9 Å². The molecule has 0 spiro atoms. The fourth-order valence-corrected chi connectivity index (χ4v) is 3.61. The molecule has 4 heteroatoms. The lowest BCUT2D eigenvalue weighted by atomic mass is 9.83. The van der Waals surface area contributed by atoms with Crippen molar-refractivity contribution < 1.29 is 9.21 Å². The minimum atomic E-state index is -0.0416. The van der Waals surface area contributed by atoms with E-state index in [9.17, 15) is 4.79 Å². The van der Waals surface area contributed by atoms with Crippen LogP contribution in [0.5, 0.6) is 0 Å². The predicted octanol–water partition coefficient (Wildman–Crippen LogP) is 4.30. The van der Waals surface area contributed by atoms with Gasteiger partial charge in [0.15, 0.2) is 5.78 Å². The largest absolute Gasteiger partial charge is 0.452 e. The second-order valence-corrected chi connectivity index (χ2v) is 5.56. The summed E-state index contributed by atoms with van der Waals surface area (Å²) >= 11 is 7.61. The summed E-state index contributed by atoms with van der Waals surface area (Å²) in [4.78, 5) is 13.7. The molecule has 1 atom stereocenters. The molecule has 17 heavy (non-hydrogen) atoms. The number of halogens is 1. The Morgan fingerprint density at radius 1 is 1.47 bits per heavy atom. The minimum Gasteiger partial charge on any atom is -0.452 e. The van der Waals surface area contributed by atoms with E-state index in [4.69, 9.17) is 16.0 Å². The molecule has 2 aromatic heterocycles. The van der Waals surface area contributed by atoms with Crippen LogP contribution in [0.15, 0.2) is 28.2 Å². The van der Waals surface area contributed by atoms with Crippen LogP contribution in [-0.4, -0.2) is 5.78 Å². The molecule has 0 aliphatic heterocycles. The molecule has 0 radical (unpaired) electrons. The minimum absolute atomic E-state index is 0.0416. The number of ketones is 1. The number of hydrogen-bond donors (Lipinski definition) is 0. The Bertz CT molecular complexity index is 555. The van der Waals surface area contributed by atoms with Crippen molar-refractivity contribution in [2.24, 2.45) is 0 Å². The number of carbonyl (C=O) groups is 1. The SMILES string of the molecule is O=C(c1ccoc1Cl)C1CCCc2sccc21. The quantitative estimate of drug-likeness (QED) is 0.759. The zero-order chi connectivity index (χ0) is 11.8. The lowest BCUT2D eigenvalue weighted by molar-refractivity contribution is 0.0951. The Hall–Kier alpha value is -1.06. The lowest BCUT2D eigenvalue weighted by Gasteiger charge is -2.20. The van der Waals surface area contributed by atoms with Crippen molar-refractivity contribution >= 4 is 28.7 Å². The predicted molar refractivity (Wildman–Crippen MR) is 68.0 cm³/mol. The third kappa shape index (κ3) is 1.83. The van der Waals surface area contributed by atoms with Gasteiger partial charge in [-0.25, -0.2) is 0 Å². The Labute approximate surface area is 108 Å². The maximum atomic E-state index is 12.4. The van der Waals surface area contributed by atoms with Gasteiger partial charge in [-0.2, -0.15) is 0 Å². The van der Waals surface area contributed by atoms with E-state index in [-0.39, 0.29) is 16.9 Å². The lowest BCUT2D eigenvalue weighted by Crippen LogP contribution is -2.17. The molecule has 88 valence electrons. The molecule has 1 aliphatic carbocycles. The highest BCUT2D eigenvalue weighted by Gasteiger charge is 2.29. The molecule has 0 saturated heterocycles. The Kier molecular flexibility index (Phi) is 2.81. The molecule has 2 aromatic rings. The van der Waals surface area contributed by atoms with Gasteiger partial charge in [-0.15, -0.1) is 11.3 Å². The number of Topliss-reactive ketones (excluding diaryl/α,β-unsaturated/α-hetero) is 1. The van der Waals surface area contributed by atoms with Crippen LogP contribution in [0.4, 0.5) is 0 Å². The summed E-state index contributed by atoms with van der Waals surface area (Å²) in [5.74, 6) is 0.0446. The van der Waals surface area contributed by atoms with E-state index >= 15 is 0 Å². The highest BCUT2D eigenvalue weighted by Crippen LogP contribution is 2.38. The van der Waals surface area contributed by atoms with Gasteiger partial charge in [0.05, 0.1) is 11.8 Å². The van der Waals surface area contributed by atoms with E-state index in [0.29, 0.717) is 5.56 Å². The van der Waals surface area contributed by atoms with Crippen LogP contribution in [0.25, 0.3) is 0 Å². The van der Waals surface area contributed by atoms with Crippen molar-refractivity contribution in [3.8, 4) is 0 Å². The van der Waals surface area contributed by atoms with E-state index in [0.717, 1.165) is 19.3 Å². The number of thiophene rings is 1. The van der Waals surface area contributed by atoms with Gasteiger partial charge in [-0.05, 0) is 53.9 Å². The third-order valence-corrected chi connectivity index (χ3v) is 4.54. The molecule has 0 bridgehead atoms. The van der Waals surface area contributed by atoms with E-state index in [2.05, 4.69) is 11.4 Å². The molecule has 1 unspecified atom stereocenters. The highest BCUT2D eigenvalue weighted by atomic mass is 35.5. The van der Waals surface area contributed by atoms with Gasteiger partial charge >= 0.3 is 0 Å². The third-order valence-electron chi connectivity index (χ3n) is 3.25. The van der Waals surface area contributed by atoms with Crippen LogP contribution in [0.2, 0.25) is 5.22 Å². The highest BCUT2D eigenvalue weighted by molar-refractivity contribution is 7.10. The number of fused-ring (bicyclic) bond motifs is 1. The van der Waals surface area contributed by atoms with Crippen LogP contribution in [-0.2, 0) is 6.42 Å². The second kappa shape index (κ2) is 4.31. The molecule has 0 fully saturated rings. The van der Waals surface area contributed by atoms with Crippen LogP contribution < -0.4 is 0 Å². The molecular weight excluding hydrogens is 256 g/mol. The molecule has 0 N–H and O–H groups in total. The van der Waals surface area contributed by atoms with Gasteiger partial charge in [0.1, 0.15) is 0 Å². The fraction of sp³-hybridized carbons (Fsp3) is 0.308. The standard InChI is InChI=1S/C13H11ClO2S/c14-13-10(4-6-16-13)12(15)9-2-1-3-11-8(9)5-7-17-11/h4-7,9H,1-3H2. The Morgan fingerprint density at radius 2 is 2.35 bits per heavy atom. The topological polar surface area (TPSA) is 30.2 Å². The molecule has 3 rings (SSSR count). The summed E-state index contributed by atoms with van der Waals surface area (Å²) in [7, 11) is 0. The zero-order valence-electron chi connectivity index (χ0n) is 9.11. The van der Waals surface area contributed by atoms with Gasteiger partial charge in [0.2, 0.25) is 5.22 Å². The van der Waals surface area contributed by atoms with Crippen LogP contribution in [0.3, 0.4) is 0 Å². The molecule has 1 aliphatic rings. The first-order chi connectivity index (χ1) is 8.27. The van der Waals surface area contributed by atoms with Gasteiger partial charge in [-0.1, -0.05) is 0 Å². The molecule has 0 aromatic carbocycles. The first-order valence-electron chi connectivity index (χ1n) is 5.61. The monoisotopic (exact) mass is 266 g/mol. The van der Waals surface area contributed by atoms with E-state index in [1.807, 2.05) is 0 Å². The van der Waals surface area contributed by atoms with Crippen molar-refractivity contribution in [2.45, 2.75) is 25.2 Å². The van der Waals surface area contributed by atoms with Crippen molar-refractivity contribution in [1.29, 1.82) is 0 Å². The summed E-state index contributed by atoms with van der Waals surface area (Å²) in [6, 6.07) is 3.72. The number of aryl methyl sites for hydroxylation is 1. The molecule has 2 heterocycles. The van der Waals surface area contributed by atoms with Crippen molar-refractivity contribution in [2.75, 3.05) is 0 Å². The molecular formula is C13H11ClO2S. The Morgan fingerprint density at radius 3 is 3.12 bits per heavy atom. The zero-order valence-corrected chi connectivity index (χ0v) is 10.7. The normalized spacial score (nSPS) is 19.0. The van der Waals surface area contributed by atoms with Crippen molar-refractivity contribution in [3.05, 3.63) is 45.0 Å². The van der Waals surface area contributed by atoms with Gasteiger partial charge in [0.25, 0.3) is 0 Å². The number of carbonyl (C=O) groups excluding carboxylic acids is 1. The van der Waals surface area contributed by atoms with E-state index < -0.39 is 0 Å². The fourth-order valence-electron chi connectivity index (χ4n) is 2.42. The van der Waals surface area contributed by atoms with Gasteiger partial charge in [0, 0.05) is 10.8 Å². The van der Waals surface area contributed by atoms with E-state index in [1.165, 1.54) is 16.7 Å². The number of rotatable bonds is 2. The summed E-state index contributed by atoms with van der Waals surface area (Å²) in [5, 5.41) is 2.27. The van der Waals surface area contributed by atoms with Gasteiger partial charge in [-0.3, -0.25) is 4.79 Å². The first kappa shape index (κ1) is 11.1. The number of hydrogen-bond acceptors (Lipinski definition) is 3. The maximum absolute atomic E-state index is 12.4. The van der Waals surface area contributed by atoms with Crippen molar-refractivity contribution in [1.82, 2.24) is 0 Å². The molecule has 0 amide bonds. The first-order valence-corrected chi connectivity index (χ1v) is 6.86. The average molecular weight is 267 g/mol. The number of furan rings is 1. The van der Waals surface area contributed by atoms with Crippen LogP contribution in [0, 0.1) is 0 Å².